The summed E-state index contributed by atoms with van der Waals surface area (Å²) < 4.78 is 0. The van der Waals surface area contributed by atoms with Gasteiger partial charge in [0.2, 0.25) is 0 Å². The van der Waals surface area contributed by atoms with Gasteiger partial charge in [0.25, 0.3) is 0 Å². The van der Waals surface area contributed by atoms with Gasteiger partial charge >= 0.3 is 0 Å². The predicted octanol–water partition coefficient (Wildman–Crippen LogP) is 2.73. The highest BCUT2D eigenvalue weighted by Gasteiger charge is 2.40. The molecule has 0 bridgehead atoms. The third-order valence-corrected chi connectivity index (χ3v) is 4.39. The van der Waals surface area contributed by atoms with E-state index in [1.165, 1.54) is 0 Å². The van der Waals surface area contributed by atoms with Gasteiger partial charge in [0.15, 0.2) is 5.78 Å². The first-order valence-electron chi connectivity index (χ1n) is 6.74. The molecule has 0 spiro atoms. The summed E-state index contributed by atoms with van der Waals surface area (Å²) in [6.07, 6.45) is 7.44. The molecule has 2 rings (SSSR count). The summed E-state index contributed by atoms with van der Waals surface area (Å²) in [7, 11) is 0. The van der Waals surface area contributed by atoms with Gasteiger partial charge in [-0.05, 0) is 50.2 Å². The highest BCUT2D eigenvalue weighted by Crippen LogP contribution is 2.40. The monoisotopic (exact) mass is 246 g/mol. The minimum absolute atomic E-state index is 0.197. The molecule has 1 aromatic heterocycles. The number of nitrogens with zero attached hydrogens (tertiary/aromatic N) is 1. The van der Waals surface area contributed by atoms with Crippen LogP contribution in [0, 0.1) is 18.3 Å². The van der Waals surface area contributed by atoms with Crippen molar-refractivity contribution in [2.45, 2.75) is 39.5 Å². The molecule has 1 saturated carbocycles. The van der Waals surface area contributed by atoms with Crippen molar-refractivity contribution in [1.82, 2.24) is 4.98 Å². The Morgan fingerprint density at radius 2 is 2.17 bits per heavy atom. The minimum Gasteiger partial charge on any atom is -0.329 e. The largest absolute Gasteiger partial charge is 0.329 e. The zero-order valence-electron chi connectivity index (χ0n) is 11.3. The molecule has 3 heteroatoms. The van der Waals surface area contributed by atoms with E-state index in [1.807, 2.05) is 13.0 Å². The van der Waals surface area contributed by atoms with E-state index < -0.39 is 0 Å². The second kappa shape index (κ2) is 5.19. The summed E-state index contributed by atoms with van der Waals surface area (Å²) in [5.74, 6) is 0.912. The summed E-state index contributed by atoms with van der Waals surface area (Å²) in [6, 6.07) is 1.89. The summed E-state index contributed by atoms with van der Waals surface area (Å²) in [4.78, 5) is 16.8. The summed E-state index contributed by atoms with van der Waals surface area (Å²) in [5, 5.41) is 0. The van der Waals surface area contributed by atoms with Crippen molar-refractivity contribution in [3.63, 3.8) is 0 Å². The Labute approximate surface area is 109 Å². The molecule has 3 nitrogen and oxygen atoms in total. The minimum atomic E-state index is -0.347. The van der Waals surface area contributed by atoms with Crippen LogP contribution >= 0.6 is 0 Å². The molecule has 1 aromatic rings. The van der Waals surface area contributed by atoms with Gasteiger partial charge in [0.1, 0.15) is 0 Å². The highest BCUT2D eigenvalue weighted by atomic mass is 16.1. The lowest BCUT2D eigenvalue weighted by Crippen LogP contribution is -2.42. The smallest absolute Gasteiger partial charge is 0.172 e. The van der Waals surface area contributed by atoms with Crippen molar-refractivity contribution < 1.29 is 4.79 Å². The molecule has 0 saturated heterocycles. The van der Waals surface area contributed by atoms with Gasteiger partial charge in [-0.2, -0.15) is 0 Å². The van der Waals surface area contributed by atoms with Crippen LogP contribution in [0.3, 0.4) is 0 Å². The van der Waals surface area contributed by atoms with Crippen LogP contribution in [-0.4, -0.2) is 17.3 Å². The Morgan fingerprint density at radius 1 is 1.50 bits per heavy atom. The Bertz CT molecular complexity index is 434. The molecule has 0 atom stereocenters. The molecule has 0 aromatic carbocycles. The molecule has 0 radical (unpaired) electrons. The van der Waals surface area contributed by atoms with Crippen LogP contribution in [0.2, 0.25) is 0 Å². The number of ketones is 1. The fourth-order valence-electron chi connectivity index (χ4n) is 2.83. The maximum Gasteiger partial charge on any atom is 0.172 e. The van der Waals surface area contributed by atoms with Gasteiger partial charge in [0.05, 0.1) is 0 Å². The molecule has 18 heavy (non-hydrogen) atoms. The number of carbonyl (C=O) groups is 1. The quantitative estimate of drug-likeness (QED) is 0.834. The third kappa shape index (κ3) is 2.32. The van der Waals surface area contributed by atoms with E-state index in [0.717, 1.165) is 36.8 Å². The van der Waals surface area contributed by atoms with Gasteiger partial charge in [-0.25, -0.2) is 0 Å². The van der Waals surface area contributed by atoms with E-state index in [4.69, 9.17) is 5.73 Å². The van der Waals surface area contributed by atoms with Crippen LogP contribution in [0.5, 0.6) is 0 Å². The van der Waals surface area contributed by atoms with Gasteiger partial charge in [-0.3, -0.25) is 9.78 Å². The highest BCUT2D eigenvalue weighted by molar-refractivity contribution is 6.01. The third-order valence-electron chi connectivity index (χ3n) is 4.39. The molecular weight excluding hydrogens is 224 g/mol. The van der Waals surface area contributed by atoms with Crippen molar-refractivity contribution in [3.8, 4) is 0 Å². The summed E-state index contributed by atoms with van der Waals surface area (Å²) in [5.41, 5.74) is 7.33. The Balaban J connectivity index is 2.28. The number of nitrogens with two attached hydrogens (primary N) is 1. The van der Waals surface area contributed by atoms with E-state index in [2.05, 4.69) is 11.9 Å². The van der Waals surface area contributed by atoms with Crippen LogP contribution in [-0.2, 0) is 0 Å². The van der Waals surface area contributed by atoms with Gasteiger partial charge in [-0.1, -0.05) is 6.92 Å². The molecule has 0 amide bonds. The Morgan fingerprint density at radius 3 is 2.72 bits per heavy atom. The number of hydrogen-bond acceptors (Lipinski definition) is 3. The molecule has 1 heterocycles. The zero-order valence-corrected chi connectivity index (χ0v) is 11.3. The van der Waals surface area contributed by atoms with Crippen molar-refractivity contribution in [2.24, 2.45) is 17.1 Å². The van der Waals surface area contributed by atoms with Gasteiger partial charge in [0, 0.05) is 29.9 Å². The lowest BCUT2D eigenvalue weighted by molar-refractivity contribution is 0.0694. The van der Waals surface area contributed by atoms with Crippen molar-refractivity contribution >= 4 is 5.78 Å². The number of rotatable bonds is 3. The first kappa shape index (κ1) is 13.2. The average molecular weight is 246 g/mol. The van der Waals surface area contributed by atoms with Crippen LogP contribution in [0.4, 0.5) is 0 Å². The topological polar surface area (TPSA) is 56.0 Å². The number of Topliss-reactive ketones (excluding diaryl/α,β-unsaturated/α-hetero) is 1. The predicted molar refractivity (Wildman–Crippen MR) is 72.4 cm³/mol. The van der Waals surface area contributed by atoms with Crippen molar-refractivity contribution in [3.05, 3.63) is 29.6 Å². The molecule has 2 N–H and O–H groups in total. The molecule has 98 valence electrons. The summed E-state index contributed by atoms with van der Waals surface area (Å²) >= 11 is 0. The molecule has 1 fully saturated rings. The number of hydrogen-bond donors (Lipinski definition) is 1. The fraction of sp³-hybridized carbons (Fsp3) is 0.600. The van der Waals surface area contributed by atoms with Crippen LogP contribution in [0.15, 0.2) is 18.5 Å². The molecule has 1 aliphatic rings. The van der Waals surface area contributed by atoms with Gasteiger partial charge < -0.3 is 5.73 Å². The first-order valence-corrected chi connectivity index (χ1v) is 6.74. The van der Waals surface area contributed by atoms with E-state index in [1.54, 1.807) is 12.4 Å². The van der Waals surface area contributed by atoms with Crippen molar-refractivity contribution in [1.29, 1.82) is 0 Å². The number of aromatic nitrogens is 1. The molecule has 0 unspecified atom stereocenters. The number of pyridine rings is 1. The first-order chi connectivity index (χ1) is 8.59. The maximum atomic E-state index is 12.8. The lowest BCUT2D eigenvalue weighted by Gasteiger charge is -2.37. The van der Waals surface area contributed by atoms with Gasteiger partial charge in [-0.15, -0.1) is 0 Å². The number of carbonyl (C=O) groups excluding carboxylic acids is 1. The lowest BCUT2D eigenvalue weighted by atomic mass is 9.67. The maximum absolute atomic E-state index is 12.8. The molecular formula is C15H22N2O. The van der Waals surface area contributed by atoms with E-state index in [9.17, 15) is 4.79 Å². The van der Waals surface area contributed by atoms with Crippen LogP contribution in [0.25, 0.3) is 0 Å². The SMILES string of the molecule is Cc1ccncc1C(=O)C1(CN)CCC(C)CC1. The van der Waals surface area contributed by atoms with E-state index in [0.29, 0.717) is 12.5 Å². The Hall–Kier alpha value is -1.22. The average Bonchev–Trinajstić information content (AvgIpc) is 2.40. The molecule has 0 aliphatic heterocycles. The van der Waals surface area contributed by atoms with E-state index in [-0.39, 0.29) is 11.2 Å². The Kier molecular flexibility index (Phi) is 3.81. The standard InChI is InChI=1S/C15H22N2O/c1-11-3-6-15(10-16,7-4-11)14(18)13-9-17-8-5-12(13)2/h5,8-9,11H,3-4,6-7,10,16H2,1-2H3. The number of aryl methyl sites for hydroxylation is 1. The normalized spacial score (nSPS) is 28.1. The molecule has 1 aliphatic carbocycles. The second-order valence-corrected chi connectivity index (χ2v) is 5.69. The van der Waals surface area contributed by atoms with Crippen molar-refractivity contribution in [2.75, 3.05) is 6.54 Å². The second-order valence-electron chi connectivity index (χ2n) is 5.69. The zero-order chi connectivity index (χ0) is 13.2. The summed E-state index contributed by atoms with van der Waals surface area (Å²) in [6.45, 7) is 4.66. The fourth-order valence-corrected chi connectivity index (χ4v) is 2.83. The van der Waals surface area contributed by atoms with Crippen LogP contribution < -0.4 is 5.73 Å². The van der Waals surface area contributed by atoms with E-state index >= 15 is 0 Å². The van der Waals surface area contributed by atoms with Crippen LogP contribution in [0.1, 0.15) is 48.5 Å².